The van der Waals surface area contributed by atoms with E-state index < -0.39 is 0 Å². The minimum absolute atomic E-state index is 0.527. The van der Waals surface area contributed by atoms with Gasteiger partial charge in [-0.15, -0.1) is 0 Å². The Labute approximate surface area is 308 Å². The topological polar surface area (TPSA) is 40.5 Å². The molecule has 0 radical (unpaired) electrons. The molecule has 0 amide bonds. The van der Waals surface area contributed by atoms with Gasteiger partial charge in [0.25, 0.3) is 0 Å². The summed E-state index contributed by atoms with van der Waals surface area (Å²) < 4.78 is 0. The molecular weight excluding hydrogens is 609 g/mol. The Balaban J connectivity index is 2.04. The number of aryl methyl sites for hydroxylation is 4. The summed E-state index contributed by atoms with van der Waals surface area (Å²) >= 11 is 0. The molecule has 0 spiro atoms. The van der Waals surface area contributed by atoms with E-state index in [1.54, 1.807) is 0 Å². The zero-order valence-corrected chi connectivity index (χ0v) is 33.8. The normalized spacial score (nSPS) is 11.5. The number of phenolic OH excluding ortho intramolecular Hbond substituents is 2. The first-order valence-electron chi connectivity index (χ1n) is 21.2. The van der Waals surface area contributed by atoms with E-state index in [9.17, 15) is 10.2 Å². The highest BCUT2D eigenvalue weighted by Crippen LogP contribution is 2.38. The second-order valence-electron chi connectivity index (χ2n) is 14.9. The van der Waals surface area contributed by atoms with Crippen molar-refractivity contribution < 1.29 is 10.2 Å². The molecule has 0 aromatic heterocycles. The highest BCUT2D eigenvalue weighted by Gasteiger charge is 2.24. The van der Waals surface area contributed by atoms with Gasteiger partial charge in [-0.3, -0.25) is 0 Å². The summed E-state index contributed by atoms with van der Waals surface area (Å²) in [4.78, 5) is 0. The summed E-state index contributed by atoms with van der Waals surface area (Å²) in [6.45, 7) is 18.3. The Morgan fingerprint density at radius 2 is 0.640 bits per heavy atom. The van der Waals surface area contributed by atoms with Crippen LogP contribution in [0.2, 0.25) is 0 Å². The fraction of sp³-hybridized carbons (Fsp3) is 0.625. The lowest BCUT2D eigenvalue weighted by molar-refractivity contribution is 0.459. The second-order valence-corrected chi connectivity index (χ2v) is 14.9. The molecule has 0 saturated carbocycles. The first-order chi connectivity index (χ1) is 24.3. The Morgan fingerprint density at radius 3 is 0.940 bits per heavy atom. The first kappa shape index (κ1) is 41.7. The van der Waals surface area contributed by atoms with Gasteiger partial charge < -0.3 is 10.2 Å². The zero-order chi connectivity index (χ0) is 36.5. The Kier molecular flexibility index (Phi) is 18.5. The van der Waals surface area contributed by atoms with E-state index in [4.69, 9.17) is 0 Å². The smallest absolute Gasteiger partial charge is 0.122 e. The summed E-state index contributed by atoms with van der Waals surface area (Å²) in [6.07, 6.45) is 24.6. The number of rotatable bonds is 24. The third kappa shape index (κ3) is 11.1. The third-order valence-corrected chi connectivity index (χ3v) is 11.4. The maximum Gasteiger partial charge on any atom is 0.122 e. The van der Waals surface area contributed by atoms with Crippen LogP contribution in [0.3, 0.4) is 0 Å². The monoisotopic (exact) mass is 683 g/mol. The van der Waals surface area contributed by atoms with Gasteiger partial charge in [0.05, 0.1) is 0 Å². The molecule has 0 aliphatic rings. The Bertz CT molecular complexity index is 1320. The van der Waals surface area contributed by atoms with Crippen LogP contribution < -0.4 is 0 Å². The molecular formula is C48H74O2. The largest absolute Gasteiger partial charge is 0.507 e. The zero-order valence-electron chi connectivity index (χ0n) is 33.8. The fourth-order valence-corrected chi connectivity index (χ4v) is 8.52. The van der Waals surface area contributed by atoms with Crippen LogP contribution in [0.4, 0.5) is 0 Å². The van der Waals surface area contributed by atoms with Crippen molar-refractivity contribution in [2.45, 2.75) is 197 Å². The van der Waals surface area contributed by atoms with Crippen molar-refractivity contribution in [1.82, 2.24) is 0 Å². The highest BCUT2D eigenvalue weighted by atomic mass is 16.3. The Hall–Kier alpha value is -2.74. The molecule has 278 valence electrons. The van der Waals surface area contributed by atoms with Gasteiger partial charge in [0.2, 0.25) is 0 Å². The predicted octanol–water partition coefficient (Wildman–Crippen LogP) is 13.5. The average Bonchev–Trinajstić information content (AvgIpc) is 3.13. The summed E-state index contributed by atoms with van der Waals surface area (Å²) in [5, 5.41) is 23.5. The number of benzene rings is 3. The molecule has 0 unspecified atom stereocenters. The molecule has 0 aliphatic heterocycles. The van der Waals surface area contributed by atoms with Crippen LogP contribution in [0, 0.1) is 0 Å². The van der Waals surface area contributed by atoms with Gasteiger partial charge in [-0.05, 0) is 131 Å². The lowest BCUT2D eigenvalue weighted by Gasteiger charge is -2.27. The van der Waals surface area contributed by atoms with E-state index in [1.807, 2.05) is 0 Å². The molecule has 3 aromatic rings. The standard InChI is InChI=1S/C48H74O2/c1-9-17-19-21-23-25-27-37-29-35(11-3)31-39(47(37)49)33-45-41(13-5)43(15-7)46(44(16-8)42(45)14-6)34-40-32-36(12-4)30-38(48(40)50)28-26-24-22-20-18-10-2/h29-32,49-50H,9-28,33-34H2,1-8H3. The van der Waals surface area contributed by atoms with Crippen LogP contribution >= 0.6 is 0 Å². The first-order valence-corrected chi connectivity index (χ1v) is 21.2. The summed E-state index contributed by atoms with van der Waals surface area (Å²) in [5.74, 6) is 1.05. The van der Waals surface area contributed by atoms with Crippen LogP contribution in [-0.2, 0) is 64.2 Å². The number of unbranched alkanes of at least 4 members (excludes halogenated alkanes) is 10. The molecule has 50 heavy (non-hydrogen) atoms. The molecule has 2 nitrogen and oxygen atoms in total. The third-order valence-electron chi connectivity index (χ3n) is 11.4. The molecule has 3 rings (SSSR count). The molecule has 0 saturated heterocycles. The quantitative estimate of drug-likeness (QED) is 0.0923. The van der Waals surface area contributed by atoms with Crippen LogP contribution in [0.5, 0.6) is 11.5 Å². The second kappa shape index (κ2) is 22.3. The van der Waals surface area contributed by atoms with E-state index in [-0.39, 0.29) is 0 Å². The van der Waals surface area contributed by atoms with Crippen molar-refractivity contribution in [3.05, 3.63) is 91.0 Å². The number of hydrogen-bond donors (Lipinski definition) is 2. The molecule has 0 atom stereocenters. The average molecular weight is 683 g/mol. The number of phenols is 2. The summed E-state index contributed by atoms with van der Waals surface area (Å²) in [7, 11) is 0. The van der Waals surface area contributed by atoms with E-state index in [2.05, 4.69) is 79.7 Å². The summed E-state index contributed by atoms with van der Waals surface area (Å²) in [6, 6.07) is 9.09. The van der Waals surface area contributed by atoms with Gasteiger partial charge in [0, 0.05) is 12.8 Å². The van der Waals surface area contributed by atoms with Gasteiger partial charge in [0.1, 0.15) is 11.5 Å². The molecule has 2 N–H and O–H groups in total. The number of hydrogen-bond acceptors (Lipinski definition) is 2. The maximum atomic E-state index is 11.7. The van der Waals surface area contributed by atoms with Gasteiger partial charge in [0.15, 0.2) is 0 Å². The molecule has 3 aromatic carbocycles. The Morgan fingerprint density at radius 1 is 0.340 bits per heavy atom. The van der Waals surface area contributed by atoms with Crippen molar-refractivity contribution in [1.29, 1.82) is 0 Å². The van der Waals surface area contributed by atoms with Crippen LogP contribution in [0.1, 0.15) is 199 Å². The molecule has 0 aliphatic carbocycles. The number of aromatic hydroxyl groups is 2. The molecule has 2 heteroatoms. The SMILES string of the molecule is CCCCCCCCc1cc(CC)cc(Cc2c(CC)c(CC)c(Cc3cc(CC)cc(CCCCCCCC)c3O)c(CC)c2CC)c1O. The minimum atomic E-state index is 0.527. The lowest BCUT2D eigenvalue weighted by Crippen LogP contribution is -2.14. The van der Waals surface area contributed by atoms with Crippen molar-refractivity contribution in [3.63, 3.8) is 0 Å². The van der Waals surface area contributed by atoms with Gasteiger partial charge in [-0.2, -0.15) is 0 Å². The minimum Gasteiger partial charge on any atom is -0.507 e. The highest BCUT2D eigenvalue weighted by molar-refractivity contribution is 5.58. The molecule has 0 fully saturated rings. The van der Waals surface area contributed by atoms with Crippen LogP contribution in [0.25, 0.3) is 0 Å². The van der Waals surface area contributed by atoms with Crippen molar-refractivity contribution in [2.75, 3.05) is 0 Å². The van der Waals surface area contributed by atoms with E-state index in [0.717, 1.165) is 99.3 Å². The van der Waals surface area contributed by atoms with Crippen LogP contribution in [-0.4, -0.2) is 10.2 Å². The fourth-order valence-electron chi connectivity index (χ4n) is 8.52. The molecule has 0 heterocycles. The predicted molar refractivity (Wildman–Crippen MR) is 219 cm³/mol. The lowest BCUT2D eigenvalue weighted by atomic mass is 9.78. The van der Waals surface area contributed by atoms with Gasteiger partial charge >= 0.3 is 0 Å². The van der Waals surface area contributed by atoms with E-state index in [1.165, 1.54) is 109 Å². The maximum absolute atomic E-state index is 11.7. The van der Waals surface area contributed by atoms with E-state index >= 15 is 0 Å². The van der Waals surface area contributed by atoms with Crippen molar-refractivity contribution >= 4 is 0 Å². The van der Waals surface area contributed by atoms with Crippen molar-refractivity contribution in [2.24, 2.45) is 0 Å². The van der Waals surface area contributed by atoms with E-state index in [0.29, 0.717) is 11.5 Å². The van der Waals surface area contributed by atoms with Crippen molar-refractivity contribution in [3.8, 4) is 11.5 Å². The van der Waals surface area contributed by atoms with Gasteiger partial charge in [-0.25, -0.2) is 0 Å². The summed E-state index contributed by atoms with van der Waals surface area (Å²) in [5.41, 5.74) is 15.9. The molecule has 0 bridgehead atoms. The van der Waals surface area contributed by atoms with Gasteiger partial charge in [-0.1, -0.05) is 144 Å². The van der Waals surface area contributed by atoms with Crippen LogP contribution in [0.15, 0.2) is 24.3 Å².